The summed E-state index contributed by atoms with van der Waals surface area (Å²) in [6, 6.07) is 8.44. The molecule has 7 heteroatoms. The van der Waals surface area contributed by atoms with E-state index >= 15 is 0 Å². The Morgan fingerprint density at radius 1 is 1.41 bits per heavy atom. The Hall–Kier alpha value is -2.41. The Balaban J connectivity index is 1.73. The van der Waals surface area contributed by atoms with Crippen LogP contribution in [0.25, 0.3) is 4.83 Å². The van der Waals surface area contributed by atoms with Gasteiger partial charge in [-0.25, -0.2) is 14.3 Å². The van der Waals surface area contributed by atoms with E-state index in [0.29, 0.717) is 10.7 Å². The summed E-state index contributed by atoms with van der Waals surface area (Å²) in [6.07, 6.45) is 1.46. The third-order valence-electron chi connectivity index (χ3n) is 4.00. The molecular formula is C15H14N4O2S. The minimum atomic E-state index is -1.02. The van der Waals surface area contributed by atoms with E-state index in [1.807, 2.05) is 0 Å². The smallest absolute Gasteiger partial charge is 0.357 e. The monoisotopic (exact) mass is 314 g/mol. The van der Waals surface area contributed by atoms with Crippen molar-refractivity contribution >= 4 is 27.3 Å². The van der Waals surface area contributed by atoms with Crippen molar-refractivity contribution in [3.05, 3.63) is 47.4 Å². The number of hydrogen-bond donors (Lipinski definition) is 1. The molecule has 112 valence electrons. The number of carboxylic acids is 1. The average Bonchev–Trinajstić information content (AvgIpc) is 3.06. The molecule has 0 saturated heterocycles. The van der Waals surface area contributed by atoms with Crippen LogP contribution in [-0.4, -0.2) is 32.2 Å². The van der Waals surface area contributed by atoms with Crippen molar-refractivity contribution < 1.29 is 9.90 Å². The van der Waals surface area contributed by atoms with Crippen LogP contribution < -0.4 is 4.90 Å². The number of fused-ring (bicyclic) bond motifs is 2. The van der Waals surface area contributed by atoms with Crippen LogP contribution in [0.3, 0.4) is 0 Å². The van der Waals surface area contributed by atoms with Crippen LogP contribution in [0.2, 0.25) is 0 Å². The fourth-order valence-electron chi connectivity index (χ4n) is 2.97. The summed E-state index contributed by atoms with van der Waals surface area (Å²) < 4.78 is 1.55. The van der Waals surface area contributed by atoms with Gasteiger partial charge in [0.1, 0.15) is 6.33 Å². The van der Waals surface area contributed by atoms with Crippen LogP contribution in [-0.2, 0) is 6.54 Å². The number of imidazole rings is 1. The van der Waals surface area contributed by atoms with Gasteiger partial charge < -0.3 is 10.0 Å². The summed E-state index contributed by atoms with van der Waals surface area (Å²) in [5.41, 5.74) is 2.75. The van der Waals surface area contributed by atoms with Gasteiger partial charge in [0.15, 0.2) is 10.5 Å². The quantitative estimate of drug-likeness (QED) is 0.787. The van der Waals surface area contributed by atoms with Crippen molar-refractivity contribution in [1.82, 2.24) is 14.6 Å². The van der Waals surface area contributed by atoms with E-state index in [0.717, 1.165) is 18.2 Å². The van der Waals surface area contributed by atoms with E-state index in [1.54, 1.807) is 4.52 Å². The minimum absolute atomic E-state index is 0.0641. The molecule has 1 atom stereocenters. The zero-order valence-electron chi connectivity index (χ0n) is 11.9. The highest BCUT2D eigenvalue weighted by Crippen LogP contribution is 2.33. The first-order valence-corrected chi connectivity index (χ1v) is 7.85. The molecule has 4 rings (SSSR count). The van der Waals surface area contributed by atoms with Crippen LogP contribution in [0.1, 0.15) is 34.5 Å². The lowest BCUT2D eigenvalue weighted by Gasteiger charge is -2.32. The maximum absolute atomic E-state index is 11.2. The molecule has 0 fully saturated rings. The SMILES string of the molecule is CC1CN(c2nn3cnc(C(=O)O)c3s2)Cc2ccccc21. The zero-order chi connectivity index (χ0) is 15.3. The van der Waals surface area contributed by atoms with Gasteiger partial charge in [-0.2, -0.15) is 0 Å². The summed E-state index contributed by atoms with van der Waals surface area (Å²) in [5, 5.41) is 14.5. The Morgan fingerprint density at radius 2 is 2.23 bits per heavy atom. The molecule has 1 unspecified atom stereocenters. The molecule has 2 aromatic heterocycles. The second-order valence-electron chi connectivity index (χ2n) is 5.51. The first kappa shape index (κ1) is 13.3. The summed E-state index contributed by atoms with van der Waals surface area (Å²) in [6.45, 7) is 3.88. The summed E-state index contributed by atoms with van der Waals surface area (Å²) in [5.74, 6) is -0.597. The Morgan fingerprint density at radius 3 is 3.05 bits per heavy atom. The van der Waals surface area contributed by atoms with E-state index < -0.39 is 5.97 Å². The summed E-state index contributed by atoms with van der Waals surface area (Å²) >= 11 is 1.38. The number of nitrogens with zero attached hydrogens (tertiary/aromatic N) is 4. The van der Waals surface area contributed by atoms with Gasteiger partial charge in [0.05, 0.1) is 0 Å². The number of benzene rings is 1. The number of carboxylic acid groups (broad SMARTS) is 1. The van der Waals surface area contributed by atoms with Crippen LogP contribution >= 0.6 is 11.3 Å². The van der Waals surface area contributed by atoms with Gasteiger partial charge in [-0.1, -0.05) is 42.5 Å². The molecule has 0 aliphatic carbocycles. The van der Waals surface area contributed by atoms with Crippen LogP contribution in [0.15, 0.2) is 30.6 Å². The van der Waals surface area contributed by atoms with Crippen LogP contribution in [0.4, 0.5) is 5.13 Å². The van der Waals surface area contributed by atoms with Crippen molar-refractivity contribution in [3.8, 4) is 0 Å². The van der Waals surface area contributed by atoms with Crippen LogP contribution in [0.5, 0.6) is 0 Å². The molecular weight excluding hydrogens is 300 g/mol. The molecule has 0 saturated carbocycles. The molecule has 3 aromatic rings. The van der Waals surface area contributed by atoms with Gasteiger partial charge in [-0.3, -0.25) is 0 Å². The molecule has 0 bridgehead atoms. The standard InChI is InChI=1S/C15H14N4O2S/c1-9-6-18(7-10-4-2-3-5-11(9)10)15-17-19-8-16-12(14(20)21)13(19)22-15/h2-5,8-9H,6-7H2,1H3,(H,20,21). The molecule has 3 heterocycles. The predicted octanol–water partition coefficient (Wildman–Crippen LogP) is 2.61. The molecule has 0 radical (unpaired) electrons. The molecule has 0 amide bonds. The normalized spacial score (nSPS) is 17.7. The Kier molecular flexibility index (Phi) is 2.90. The lowest BCUT2D eigenvalue weighted by atomic mass is 9.91. The average molecular weight is 314 g/mol. The predicted molar refractivity (Wildman–Crippen MR) is 83.7 cm³/mol. The zero-order valence-corrected chi connectivity index (χ0v) is 12.7. The molecule has 1 N–H and O–H groups in total. The lowest BCUT2D eigenvalue weighted by Crippen LogP contribution is -2.32. The van der Waals surface area contributed by atoms with Gasteiger partial charge in [-0.05, 0) is 17.0 Å². The van der Waals surface area contributed by atoms with E-state index in [9.17, 15) is 4.79 Å². The number of hydrogen-bond acceptors (Lipinski definition) is 5. The highest BCUT2D eigenvalue weighted by molar-refractivity contribution is 7.21. The molecule has 1 aromatic carbocycles. The third kappa shape index (κ3) is 1.97. The third-order valence-corrected chi connectivity index (χ3v) is 5.10. The summed E-state index contributed by atoms with van der Waals surface area (Å²) in [7, 11) is 0. The maximum atomic E-state index is 11.2. The van der Waals surface area contributed by atoms with Crippen molar-refractivity contribution in [2.24, 2.45) is 0 Å². The molecule has 22 heavy (non-hydrogen) atoms. The van der Waals surface area contributed by atoms with Crippen molar-refractivity contribution in [3.63, 3.8) is 0 Å². The highest BCUT2D eigenvalue weighted by atomic mass is 32.1. The van der Waals surface area contributed by atoms with Gasteiger partial charge in [-0.15, -0.1) is 5.10 Å². The molecule has 6 nitrogen and oxygen atoms in total. The minimum Gasteiger partial charge on any atom is -0.476 e. The van der Waals surface area contributed by atoms with Crippen LogP contribution in [0, 0.1) is 0 Å². The van der Waals surface area contributed by atoms with Gasteiger partial charge in [0.25, 0.3) is 0 Å². The lowest BCUT2D eigenvalue weighted by molar-refractivity contribution is 0.0693. The van der Waals surface area contributed by atoms with Gasteiger partial charge in [0, 0.05) is 13.1 Å². The Labute approximate surface area is 130 Å². The molecule has 0 spiro atoms. The topological polar surface area (TPSA) is 70.7 Å². The fourth-order valence-corrected chi connectivity index (χ4v) is 3.96. The van der Waals surface area contributed by atoms with Crippen molar-refractivity contribution in [2.75, 3.05) is 11.4 Å². The molecule has 1 aliphatic heterocycles. The first-order valence-electron chi connectivity index (χ1n) is 7.03. The van der Waals surface area contributed by atoms with E-state index in [4.69, 9.17) is 5.11 Å². The maximum Gasteiger partial charge on any atom is 0.357 e. The fraction of sp³-hybridized carbons (Fsp3) is 0.267. The Bertz CT molecular complexity index is 869. The number of rotatable bonds is 2. The molecule has 1 aliphatic rings. The number of anilines is 1. The second-order valence-corrected chi connectivity index (χ2v) is 6.47. The van der Waals surface area contributed by atoms with Gasteiger partial charge in [0.2, 0.25) is 5.13 Å². The van der Waals surface area contributed by atoms with Crippen molar-refractivity contribution in [1.29, 1.82) is 0 Å². The largest absolute Gasteiger partial charge is 0.476 e. The van der Waals surface area contributed by atoms with E-state index in [2.05, 4.69) is 46.2 Å². The van der Waals surface area contributed by atoms with E-state index in [1.165, 1.54) is 28.8 Å². The number of aromatic carboxylic acids is 1. The van der Waals surface area contributed by atoms with Crippen molar-refractivity contribution in [2.45, 2.75) is 19.4 Å². The number of aromatic nitrogens is 3. The highest BCUT2D eigenvalue weighted by Gasteiger charge is 2.25. The second kappa shape index (κ2) is 4.81. The summed E-state index contributed by atoms with van der Waals surface area (Å²) in [4.78, 5) is 17.8. The number of carbonyl (C=O) groups is 1. The first-order chi connectivity index (χ1) is 10.6. The van der Waals surface area contributed by atoms with Gasteiger partial charge >= 0.3 is 5.97 Å². The van der Waals surface area contributed by atoms with E-state index in [-0.39, 0.29) is 5.69 Å².